The van der Waals surface area contributed by atoms with E-state index in [-0.39, 0.29) is 12.2 Å². The van der Waals surface area contributed by atoms with Gasteiger partial charge in [0, 0.05) is 11.8 Å². The summed E-state index contributed by atoms with van der Waals surface area (Å²) in [6.45, 7) is 11.0. The predicted octanol–water partition coefficient (Wildman–Crippen LogP) is 0.642. The molecule has 0 aromatic rings. The van der Waals surface area contributed by atoms with Crippen LogP contribution in [0.5, 0.6) is 0 Å². The monoisotopic (exact) mass is 286 g/mol. The lowest BCUT2D eigenvalue weighted by Crippen LogP contribution is -2.72. The van der Waals surface area contributed by atoms with Gasteiger partial charge in [-0.25, -0.2) is 0 Å². The Labute approximate surface area is 119 Å². The number of hydrogen-bond acceptors (Lipinski definition) is 5. The summed E-state index contributed by atoms with van der Waals surface area (Å²) in [5.41, 5.74) is -3.87. The summed E-state index contributed by atoms with van der Waals surface area (Å²) < 4.78 is 6.10. The fraction of sp³-hybridized carbons (Fsp3) is 0.933. The summed E-state index contributed by atoms with van der Waals surface area (Å²) in [4.78, 5) is 12.7. The van der Waals surface area contributed by atoms with E-state index in [0.29, 0.717) is 0 Å². The first-order chi connectivity index (χ1) is 8.81. The number of Topliss-reactive ketones (excluding diaryl/α,β-unsaturated/α-hetero) is 1. The Hall–Kier alpha value is -0.490. The number of carbonyl (C=O) groups excluding carboxylic acids is 1. The van der Waals surface area contributed by atoms with E-state index in [1.54, 1.807) is 20.8 Å². The molecule has 2 saturated heterocycles. The third-order valence-corrected chi connectivity index (χ3v) is 5.11. The SMILES string of the molecule is CC(C)(C)C12CC(=O)C(C(C)(C)C)(O1)C(O)C(O)C2O. The fourth-order valence-corrected chi connectivity index (χ4v) is 3.71. The van der Waals surface area contributed by atoms with Crippen LogP contribution >= 0.6 is 0 Å². The Balaban J connectivity index is 2.66. The first-order valence-electron chi connectivity index (χ1n) is 7.09. The van der Waals surface area contributed by atoms with Crippen molar-refractivity contribution in [1.82, 2.24) is 0 Å². The molecule has 2 rings (SSSR count). The largest absolute Gasteiger partial charge is 0.387 e. The van der Waals surface area contributed by atoms with E-state index in [9.17, 15) is 20.1 Å². The van der Waals surface area contributed by atoms with E-state index in [4.69, 9.17) is 4.74 Å². The molecule has 0 amide bonds. The minimum absolute atomic E-state index is 0.00303. The van der Waals surface area contributed by atoms with Gasteiger partial charge in [-0.3, -0.25) is 4.79 Å². The number of ether oxygens (including phenoxy) is 1. The Kier molecular flexibility index (Phi) is 3.20. The van der Waals surface area contributed by atoms with Crippen LogP contribution in [0.4, 0.5) is 0 Å². The summed E-state index contributed by atoms with van der Waals surface area (Å²) in [5, 5.41) is 31.1. The van der Waals surface area contributed by atoms with Crippen molar-refractivity contribution in [3.63, 3.8) is 0 Å². The van der Waals surface area contributed by atoms with Crippen molar-refractivity contribution >= 4 is 5.78 Å². The highest BCUT2D eigenvalue weighted by Crippen LogP contribution is 2.58. The Morgan fingerprint density at radius 3 is 1.90 bits per heavy atom. The highest BCUT2D eigenvalue weighted by atomic mass is 16.6. The molecule has 0 aliphatic carbocycles. The summed E-state index contributed by atoms with van der Waals surface area (Å²) in [6, 6.07) is 0. The second kappa shape index (κ2) is 4.03. The van der Waals surface area contributed by atoms with Gasteiger partial charge >= 0.3 is 0 Å². The van der Waals surface area contributed by atoms with Crippen LogP contribution in [0, 0.1) is 10.8 Å². The van der Waals surface area contributed by atoms with Crippen LogP contribution in [-0.2, 0) is 9.53 Å². The molecule has 20 heavy (non-hydrogen) atoms. The molecule has 5 atom stereocenters. The second-order valence-electron chi connectivity index (χ2n) is 8.21. The molecule has 5 heteroatoms. The molecule has 2 fully saturated rings. The lowest BCUT2D eigenvalue weighted by molar-refractivity contribution is -0.318. The molecule has 0 aromatic carbocycles. The molecule has 2 aliphatic rings. The number of carbonyl (C=O) groups is 1. The Bertz CT molecular complexity index is 433. The predicted molar refractivity (Wildman–Crippen MR) is 73.1 cm³/mol. The van der Waals surface area contributed by atoms with E-state index < -0.39 is 40.3 Å². The van der Waals surface area contributed by atoms with Crippen LogP contribution < -0.4 is 0 Å². The smallest absolute Gasteiger partial charge is 0.170 e. The second-order valence-corrected chi connectivity index (χ2v) is 8.21. The van der Waals surface area contributed by atoms with Crippen LogP contribution in [-0.4, -0.2) is 50.6 Å². The number of fused-ring (bicyclic) bond motifs is 2. The van der Waals surface area contributed by atoms with Crippen molar-refractivity contribution < 1.29 is 24.9 Å². The van der Waals surface area contributed by atoms with Gasteiger partial charge in [0.2, 0.25) is 0 Å². The van der Waals surface area contributed by atoms with Gasteiger partial charge in [-0.2, -0.15) is 0 Å². The van der Waals surface area contributed by atoms with Gasteiger partial charge in [-0.1, -0.05) is 41.5 Å². The van der Waals surface area contributed by atoms with Gasteiger partial charge in [-0.15, -0.1) is 0 Å². The zero-order valence-corrected chi connectivity index (χ0v) is 13.1. The van der Waals surface area contributed by atoms with Crippen molar-refractivity contribution in [1.29, 1.82) is 0 Å². The normalized spacial score (nSPS) is 45.9. The maximum atomic E-state index is 12.7. The first-order valence-corrected chi connectivity index (χ1v) is 7.09. The van der Waals surface area contributed by atoms with Gasteiger partial charge < -0.3 is 20.1 Å². The Morgan fingerprint density at radius 2 is 1.50 bits per heavy atom. The quantitative estimate of drug-likeness (QED) is 0.608. The Morgan fingerprint density at radius 1 is 1.00 bits per heavy atom. The van der Waals surface area contributed by atoms with Crippen LogP contribution in [0.2, 0.25) is 0 Å². The van der Waals surface area contributed by atoms with Gasteiger partial charge in [-0.05, 0) is 5.41 Å². The molecule has 116 valence electrons. The first kappa shape index (κ1) is 15.9. The maximum Gasteiger partial charge on any atom is 0.170 e. The van der Waals surface area contributed by atoms with Gasteiger partial charge in [0.1, 0.15) is 23.9 Å². The lowest BCUT2D eigenvalue weighted by atomic mass is 9.67. The molecule has 5 unspecified atom stereocenters. The average molecular weight is 286 g/mol. The van der Waals surface area contributed by atoms with Crippen LogP contribution in [0.3, 0.4) is 0 Å². The molecular weight excluding hydrogens is 260 g/mol. The molecule has 2 bridgehead atoms. The van der Waals surface area contributed by atoms with Crippen LogP contribution in [0.1, 0.15) is 48.0 Å². The minimum atomic E-state index is -1.47. The van der Waals surface area contributed by atoms with Gasteiger partial charge in [0.05, 0.1) is 0 Å². The zero-order valence-electron chi connectivity index (χ0n) is 13.1. The lowest BCUT2D eigenvalue weighted by Gasteiger charge is -2.56. The van der Waals surface area contributed by atoms with Crippen molar-refractivity contribution in [3.8, 4) is 0 Å². The molecule has 3 N–H and O–H groups in total. The number of rotatable bonds is 0. The van der Waals surface area contributed by atoms with Crippen molar-refractivity contribution in [2.24, 2.45) is 10.8 Å². The molecule has 0 radical (unpaired) electrons. The number of ketones is 1. The summed E-state index contributed by atoms with van der Waals surface area (Å²) in [7, 11) is 0. The van der Waals surface area contributed by atoms with E-state index >= 15 is 0 Å². The van der Waals surface area contributed by atoms with Crippen LogP contribution in [0.25, 0.3) is 0 Å². The van der Waals surface area contributed by atoms with Crippen molar-refractivity contribution in [3.05, 3.63) is 0 Å². The average Bonchev–Trinajstić information content (AvgIpc) is 2.57. The molecule has 2 heterocycles. The van der Waals surface area contributed by atoms with Crippen molar-refractivity contribution in [2.45, 2.75) is 77.5 Å². The van der Waals surface area contributed by atoms with Crippen LogP contribution in [0.15, 0.2) is 0 Å². The molecular formula is C15H26O5. The third kappa shape index (κ3) is 1.61. The van der Waals surface area contributed by atoms with Gasteiger partial charge in [0.15, 0.2) is 11.4 Å². The number of aliphatic hydroxyl groups excluding tert-OH is 3. The topological polar surface area (TPSA) is 87.0 Å². The summed E-state index contributed by atoms with van der Waals surface area (Å²) >= 11 is 0. The maximum absolute atomic E-state index is 12.7. The minimum Gasteiger partial charge on any atom is -0.387 e. The number of aliphatic hydroxyl groups is 3. The van der Waals surface area contributed by atoms with E-state index in [1.807, 2.05) is 20.8 Å². The standard InChI is InChI=1S/C15H26O5/c1-12(2,3)14-7-8(16)15(20-14,13(4,5)6)11(19)9(17)10(14)18/h9-11,17-19H,7H2,1-6H3. The van der Waals surface area contributed by atoms with E-state index in [1.165, 1.54) is 0 Å². The highest BCUT2D eigenvalue weighted by Gasteiger charge is 2.75. The molecule has 0 spiro atoms. The van der Waals surface area contributed by atoms with E-state index in [0.717, 1.165) is 0 Å². The number of hydrogen-bond donors (Lipinski definition) is 3. The summed E-state index contributed by atoms with van der Waals surface area (Å²) in [5.74, 6) is -0.247. The highest BCUT2D eigenvalue weighted by molar-refractivity contribution is 5.93. The van der Waals surface area contributed by atoms with Crippen molar-refractivity contribution in [2.75, 3.05) is 0 Å². The van der Waals surface area contributed by atoms with Gasteiger partial charge in [0.25, 0.3) is 0 Å². The summed E-state index contributed by atoms with van der Waals surface area (Å²) in [6.07, 6.45) is -4.11. The third-order valence-electron chi connectivity index (χ3n) is 5.11. The fourth-order valence-electron chi connectivity index (χ4n) is 3.71. The zero-order chi connectivity index (χ0) is 15.7. The molecule has 2 aliphatic heterocycles. The molecule has 0 aromatic heterocycles. The molecule has 0 saturated carbocycles. The van der Waals surface area contributed by atoms with E-state index in [2.05, 4.69) is 0 Å². The molecule has 5 nitrogen and oxygen atoms in total.